The maximum Gasteiger partial charge on any atom is 0.323 e. The van der Waals surface area contributed by atoms with Gasteiger partial charge in [0.1, 0.15) is 6.04 Å². The summed E-state index contributed by atoms with van der Waals surface area (Å²) < 4.78 is 4.93. The van der Waals surface area contributed by atoms with Gasteiger partial charge in [0.15, 0.2) is 0 Å². The van der Waals surface area contributed by atoms with Crippen molar-refractivity contribution in [3.8, 4) is 12.3 Å². The second kappa shape index (κ2) is 7.40. The summed E-state index contributed by atoms with van der Waals surface area (Å²) in [7, 11) is 0. The van der Waals surface area contributed by atoms with E-state index in [4.69, 9.17) is 11.2 Å². The van der Waals surface area contributed by atoms with E-state index >= 15 is 0 Å². The van der Waals surface area contributed by atoms with E-state index < -0.39 is 0 Å². The Morgan fingerprint density at radius 3 is 2.64 bits per heavy atom. The number of hydrogen-bond donors (Lipinski definition) is 1. The molecule has 0 saturated carbocycles. The molecule has 0 aromatic carbocycles. The number of hydrogen-bond acceptors (Lipinski definition) is 3. The maximum atomic E-state index is 11.4. The fourth-order valence-corrected chi connectivity index (χ4v) is 1.16. The van der Waals surface area contributed by atoms with Gasteiger partial charge >= 0.3 is 5.97 Å². The monoisotopic (exact) mass is 197 g/mol. The normalized spacial score (nSPS) is 12.2. The van der Waals surface area contributed by atoms with E-state index in [9.17, 15) is 4.79 Å². The minimum absolute atomic E-state index is 0.212. The van der Waals surface area contributed by atoms with Crippen LogP contribution in [0.1, 0.15) is 27.2 Å². The molecule has 0 aromatic heterocycles. The molecule has 0 aliphatic heterocycles. The Balaban J connectivity index is 4.09. The zero-order valence-electron chi connectivity index (χ0n) is 9.17. The van der Waals surface area contributed by atoms with E-state index in [2.05, 4.69) is 25.1 Å². The average Bonchev–Trinajstić information content (AvgIpc) is 2.12. The second-order valence-electron chi connectivity index (χ2n) is 3.52. The fourth-order valence-electron chi connectivity index (χ4n) is 1.16. The first-order valence-corrected chi connectivity index (χ1v) is 4.95. The van der Waals surface area contributed by atoms with Crippen molar-refractivity contribution in [1.29, 1.82) is 0 Å². The summed E-state index contributed by atoms with van der Waals surface area (Å²) in [5, 5.41) is 2.97. The molecule has 3 heteroatoms. The number of carbonyl (C=O) groups is 1. The van der Waals surface area contributed by atoms with Crippen molar-refractivity contribution in [1.82, 2.24) is 5.32 Å². The zero-order chi connectivity index (χ0) is 11.0. The van der Waals surface area contributed by atoms with Gasteiger partial charge in [-0.1, -0.05) is 19.8 Å². The molecule has 3 nitrogen and oxygen atoms in total. The molecular weight excluding hydrogens is 178 g/mol. The molecule has 1 atom stereocenters. The first-order valence-electron chi connectivity index (χ1n) is 4.95. The largest absolute Gasteiger partial charge is 0.465 e. The van der Waals surface area contributed by atoms with E-state index in [1.807, 2.05) is 0 Å². The molecule has 0 aliphatic carbocycles. The van der Waals surface area contributed by atoms with Crippen molar-refractivity contribution < 1.29 is 9.53 Å². The van der Waals surface area contributed by atoms with Crippen LogP contribution < -0.4 is 5.32 Å². The van der Waals surface area contributed by atoms with Gasteiger partial charge in [-0.15, -0.1) is 6.42 Å². The number of nitrogens with one attached hydrogen (secondary N) is 1. The van der Waals surface area contributed by atoms with Crippen LogP contribution in [0.25, 0.3) is 0 Å². The molecule has 0 radical (unpaired) electrons. The Bertz CT molecular complexity index is 206. The molecule has 0 spiro atoms. The number of ether oxygens (including phenoxy) is 1. The lowest BCUT2D eigenvalue weighted by molar-refractivity contribution is -0.146. The second-order valence-corrected chi connectivity index (χ2v) is 3.52. The van der Waals surface area contributed by atoms with Crippen molar-refractivity contribution >= 4 is 5.97 Å². The Labute approximate surface area is 86.2 Å². The van der Waals surface area contributed by atoms with Gasteiger partial charge in [0.05, 0.1) is 13.2 Å². The summed E-state index contributed by atoms with van der Waals surface area (Å²) in [5.41, 5.74) is 0. The molecule has 0 amide bonds. The molecule has 0 rings (SSSR count). The van der Waals surface area contributed by atoms with Gasteiger partial charge in [-0.2, -0.15) is 0 Å². The molecule has 0 aliphatic rings. The van der Waals surface area contributed by atoms with Gasteiger partial charge in [-0.05, 0) is 19.3 Å². The number of terminal acetylenes is 1. The molecule has 0 aromatic rings. The number of carbonyl (C=O) groups excluding carboxylic acids is 1. The highest BCUT2D eigenvalue weighted by atomic mass is 16.5. The summed E-state index contributed by atoms with van der Waals surface area (Å²) in [6.45, 7) is 6.72. The van der Waals surface area contributed by atoms with Crippen LogP contribution >= 0.6 is 0 Å². The molecule has 0 fully saturated rings. The summed E-state index contributed by atoms with van der Waals surface area (Å²) >= 11 is 0. The van der Waals surface area contributed by atoms with Crippen molar-refractivity contribution in [2.45, 2.75) is 33.2 Å². The van der Waals surface area contributed by atoms with Crippen LogP contribution in [0.2, 0.25) is 0 Å². The Morgan fingerprint density at radius 1 is 1.57 bits per heavy atom. The molecule has 0 heterocycles. The van der Waals surface area contributed by atoms with Gasteiger partial charge in [0.25, 0.3) is 0 Å². The van der Waals surface area contributed by atoms with Crippen molar-refractivity contribution in [2.24, 2.45) is 5.92 Å². The Hall–Kier alpha value is -1.01. The van der Waals surface area contributed by atoms with Crippen LogP contribution in [0.15, 0.2) is 0 Å². The minimum Gasteiger partial charge on any atom is -0.465 e. The van der Waals surface area contributed by atoms with E-state index in [0.717, 1.165) is 6.42 Å². The summed E-state index contributed by atoms with van der Waals surface area (Å²) in [4.78, 5) is 11.4. The Kier molecular flexibility index (Phi) is 6.87. The highest BCUT2D eigenvalue weighted by molar-refractivity contribution is 5.75. The molecular formula is C11H19NO2. The summed E-state index contributed by atoms with van der Waals surface area (Å²) in [6, 6.07) is -0.272. The first kappa shape index (κ1) is 13.0. The van der Waals surface area contributed by atoms with Crippen molar-refractivity contribution in [2.75, 3.05) is 13.2 Å². The molecule has 1 unspecified atom stereocenters. The van der Waals surface area contributed by atoms with Gasteiger partial charge in [-0.25, -0.2) is 0 Å². The van der Waals surface area contributed by atoms with Crippen LogP contribution in [-0.4, -0.2) is 25.2 Å². The van der Waals surface area contributed by atoms with Gasteiger partial charge < -0.3 is 4.74 Å². The smallest absolute Gasteiger partial charge is 0.323 e. The predicted molar refractivity (Wildman–Crippen MR) is 56.7 cm³/mol. The van der Waals surface area contributed by atoms with Crippen LogP contribution in [-0.2, 0) is 9.53 Å². The standard InChI is InChI=1S/C11H19NO2/c1-5-7-12-10(8-9(3)4)11(13)14-6-2/h1,9-10,12H,6-8H2,2-4H3. The van der Waals surface area contributed by atoms with Crippen LogP contribution in [0.5, 0.6) is 0 Å². The van der Waals surface area contributed by atoms with E-state index in [0.29, 0.717) is 19.1 Å². The lowest BCUT2D eigenvalue weighted by Crippen LogP contribution is -2.39. The molecule has 0 bridgehead atoms. The summed E-state index contributed by atoms with van der Waals surface area (Å²) in [5.74, 6) is 2.68. The molecule has 1 N–H and O–H groups in total. The van der Waals surface area contributed by atoms with Crippen LogP contribution in [0, 0.1) is 18.3 Å². The third kappa shape index (κ3) is 5.60. The molecule has 14 heavy (non-hydrogen) atoms. The van der Waals surface area contributed by atoms with Gasteiger partial charge in [-0.3, -0.25) is 10.1 Å². The lowest BCUT2D eigenvalue weighted by atomic mass is 10.0. The SMILES string of the molecule is C#CCNC(CC(C)C)C(=O)OCC. The molecule has 80 valence electrons. The third-order valence-corrected chi connectivity index (χ3v) is 1.73. The van der Waals surface area contributed by atoms with Crippen molar-refractivity contribution in [3.05, 3.63) is 0 Å². The Morgan fingerprint density at radius 2 is 2.21 bits per heavy atom. The predicted octanol–water partition coefficient (Wildman–Crippen LogP) is 1.19. The number of rotatable bonds is 6. The van der Waals surface area contributed by atoms with E-state index in [-0.39, 0.29) is 12.0 Å². The first-order chi connectivity index (χ1) is 6.61. The average molecular weight is 197 g/mol. The van der Waals surface area contributed by atoms with Crippen LogP contribution in [0.4, 0.5) is 0 Å². The fraction of sp³-hybridized carbons (Fsp3) is 0.727. The summed E-state index contributed by atoms with van der Waals surface area (Å²) in [6.07, 6.45) is 5.87. The van der Waals surface area contributed by atoms with E-state index in [1.54, 1.807) is 6.92 Å². The lowest BCUT2D eigenvalue weighted by Gasteiger charge is -2.17. The topological polar surface area (TPSA) is 38.3 Å². The zero-order valence-corrected chi connectivity index (χ0v) is 9.17. The third-order valence-electron chi connectivity index (χ3n) is 1.73. The number of esters is 1. The van der Waals surface area contributed by atoms with E-state index in [1.165, 1.54) is 0 Å². The highest BCUT2D eigenvalue weighted by Gasteiger charge is 2.19. The van der Waals surface area contributed by atoms with Gasteiger partial charge in [0.2, 0.25) is 0 Å². The maximum absolute atomic E-state index is 11.4. The molecule has 0 saturated heterocycles. The highest BCUT2D eigenvalue weighted by Crippen LogP contribution is 2.06. The van der Waals surface area contributed by atoms with Crippen molar-refractivity contribution in [3.63, 3.8) is 0 Å². The van der Waals surface area contributed by atoms with Gasteiger partial charge in [0, 0.05) is 0 Å². The minimum atomic E-state index is -0.272. The van der Waals surface area contributed by atoms with Crippen LogP contribution in [0.3, 0.4) is 0 Å². The quantitative estimate of drug-likeness (QED) is 0.513.